The number of hydrogen-bond acceptors (Lipinski definition) is 4. The number of halogens is 1. The SMILES string of the molecule is Nc1cc(O)ccc1C(=Nc1cccnc1Cl)c1ccccc1. The van der Waals surface area contributed by atoms with Gasteiger partial charge in [-0.3, -0.25) is 0 Å². The fourth-order valence-corrected chi connectivity index (χ4v) is 2.39. The van der Waals surface area contributed by atoms with Gasteiger partial charge < -0.3 is 10.8 Å². The van der Waals surface area contributed by atoms with Gasteiger partial charge in [-0.15, -0.1) is 0 Å². The highest BCUT2D eigenvalue weighted by Crippen LogP contribution is 2.27. The van der Waals surface area contributed by atoms with Crippen molar-refractivity contribution in [2.45, 2.75) is 0 Å². The van der Waals surface area contributed by atoms with Gasteiger partial charge in [-0.05, 0) is 24.3 Å². The molecule has 1 aromatic heterocycles. The molecule has 23 heavy (non-hydrogen) atoms. The summed E-state index contributed by atoms with van der Waals surface area (Å²) in [5, 5.41) is 9.89. The van der Waals surface area contributed by atoms with Gasteiger partial charge >= 0.3 is 0 Å². The van der Waals surface area contributed by atoms with E-state index in [0.717, 1.165) is 5.56 Å². The number of aromatic hydroxyl groups is 1. The molecular weight excluding hydrogens is 310 g/mol. The third-order valence-electron chi connectivity index (χ3n) is 3.31. The minimum atomic E-state index is 0.109. The summed E-state index contributed by atoms with van der Waals surface area (Å²) in [4.78, 5) is 8.69. The molecule has 0 spiro atoms. The Labute approximate surface area is 138 Å². The molecule has 3 N–H and O–H groups in total. The number of aromatic nitrogens is 1. The summed E-state index contributed by atoms with van der Waals surface area (Å²) in [7, 11) is 0. The summed E-state index contributed by atoms with van der Waals surface area (Å²) in [5.41, 5.74) is 9.33. The standard InChI is InChI=1S/C18H14ClN3O/c19-18-16(7-4-10-21-18)22-17(12-5-2-1-3-6-12)14-9-8-13(23)11-15(14)20/h1-11,23H,20H2. The van der Waals surface area contributed by atoms with Crippen LogP contribution in [-0.2, 0) is 0 Å². The molecule has 0 radical (unpaired) electrons. The highest BCUT2D eigenvalue weighted by molar-refractivity contribution is 6.32. The molecule has 0 atom stereocenters. The molecule has 0 aliphatic rings. The van der Waals surface area contributed by atoms with Crippen LogP contribution in [0.5, 0.6) is 5.75 Å². The molecule has 1 heterocycles. The van der Waals surface area contributed by atoms with E-state index < -0.39 is 0 Å². The van der Waals surface area contributed by atoms with Gasteiger partial charge in [-0.2, -0.15) is 0 Å². The second-order valence-corrected chi connectivity index (χ2v) is 5.27. The maximum absolute atomic E-state index is 9.57. The number of anilines is 1. The van der Waals surface area contributed by atoms with E-state index in [1.807, 2.05) is 30.3 Å². The molecule has 4 nitrogen and oxygen atoms in total. The first-order valence-electron chi connectivity index (χ1n) is 6.98. The van der Waals surface area contributed by atoms with Crippen LogP contribution in [0.25, 0.3) is 0 Å². The third kappa shape index (κ3) is 3.33. The first-order chi connectivity index (χ1) is 11.1. The number of rotatable bonds is 3. The van der Waals surface area contributed by atoms with Crippen LogP contribution >= 0.6 is 11.6 Å². The number of benzene rings is 2. The highest BCUT2D eigenvalue weighted by Gasteiger charge is 2.12. The van der Waals surface area contributed by atoms with Crippen molar-refractivity contribution in [1.29, 1.82) is 0 Å². The topological polar surface area (TPSA) is 71.5 Å². The predicted octanol–water partition coefficient (Wildman–Crippen LogP) is 4.19. The van der Waals surface area contributed by atoms with Crippen LogP contribution in [0.3, 0.4) is 0 Å². The largest absolute Gasteiger partial charge is 0.508 e. The summed E-state index contributed by atoms with van der Waals surface area (Å²) < 4.78 is 0. The van der Waals surface area contributed by atoms with Crippen molar-refractivity contribution in [3.8, 4) is 5.75 Å². The molecule has 3 aromatic rings. The lowest BCUT2D eigenvalue weighted by Gasteiger charge is -2.11. The summed E-state index contributed by atoms with van der Waals surface area (Å²) >= 11 is 6.12. The number of nitrogen functional groups attached to an aromatic ring is 1. The molecule has 0 aliphatic carbocycles. The molecule has 0 fully saturated rings. The molecule has 0 aliphatic heterocycles. The van der Waals surface area contributed by atoms with Crippen LogP contribution in [0.1, 0.15) is 11.1 Å². The number of nitrogens with two attached hydrogens (primary N) is 1. The van der Waals surface area contributed by atoms with Crippen molar-refractivity contribution in [3.05, 3.63) is 83.1 Å². The van der Waals surface area contributed by atoms with Gasteiger partial charge in [0, 0.05) is 29.1 Å². The lowest BCUT2D eigenvalue weighted by atomic mass is 10.0. The molecular formula is C18H14ClN3O. The molecule has 0 unspecified atom stereocenters. The Kier molecular flexibility index (Phi) is 4.26. The van der Waals surface area contributed by atoms with Crippen molar-refractivity contribution >= 4 is 28.7 Å². The summed E-state index contributed by atoms with van der Waals surface area (Å²) in [6.07, 6.45) is 1.61. The number of pyridine rings is 1. The first kappa shape index (κ1) is 15.1. The van der Waals surface area contributed by atoms with E-state index in [0.29, 0.717) is 27.8 Å². The minimum absolute atomic E-state index is 0.109. The summed E-state index contributed by atoms with van der Waals surface area (Å²) in [5.74, 6) is 0.109. The van der Waals surface area contributed by atoms with E-state index in [9.17, 15) is 5.11 Å². The average molecular weight is 324 g/mol. The Morgan fingerprint density at radius 1 is 1.04 bits per heavy atom. The molecule has 2 aromatic carbocycles. The van der Waals surface area contributed by atoms with Gasteiger partial charge in [0.15, 0.2) is 5.15 Å². The van der Waals surface area contributed by atoms with E-state index in [2.05, 4.69) is 9.98 Å². The van der Waals surface area contributed by atoms with Gasteiger partial charge in [0.05, 0.1) is 5.71 Å². The zero-order valence-corrected chi connectivity index (χ0v) is 12.9. The molecule has 0 amide bonds. The maximum Gasteiger partial charge on any atom is 0.154 e. The molecule has 5 heteroatoms. The van der Waals surface area contributed by atoms with Crippen molar-refractivity contribution in [2.24, 2.45) is 4.99 Å². The number of phenols is 1. The Bertz CT molecular complexity index is 863. The van der Waals surface area contributed by atoms with E-state index in [1.54, 1.807) is 30.5 Å². The maximum atomic E-state index is 9.57. The normalized spacial score (nSPS) is 11.4. The minimum Gasteiger partial charge on any atom is -0.508 e. The Balaban J connectivity index is 2.21. The van der Waals surface area contributed by atoms with Crippen LogP contribution < -0.4 is 5.73 Å². The fraction of sp³-hybridized carbons (Fsp3) is 0. The van der Waals surface area contributed by atoms with Crippen LogP contribution in [0.15, 0.2) is 71.9 Å². The first-order valence-corrected chi connectivity index (χ1v) is 7.36. The van der Waals surface area contributed by atoms with Crippen LogP contribution in [0.2, 0.25) is 5.15 Å². The summed E-state index contributed by atoms with van der Waals surface area (Å²) in [6, 6.07) is 18.0. The monoisotopic (exact) mass is 323 g/mol. The zero-order valence-electron chi connectivity index (χ0n) is 12.1. The van der Waals surface area contributed by atoms with Crippen molar-refractivity contribution in [3.63, 3.8) is 0 Å². The zero-order chi connectivity index (χ0) is 16.2. The Morgan fingerprint density at radius 2 is 1.83 bits per heavy atom. The van der Waals surface area contributed by atoms with Crippen LogP contribution in [0, 0.1) is 0 Å². The van der Waals surface area contributed by atoms with Gasteiger partial charge in [0.25, 0.3) is 0 Å². The number of aliphatic imine (C=N–C) groups is 1. The van der Waals surface area contributed by atoms with E-state index in [1.165, 1.54) is 6.07 Å². The molecule has 3 rings (SSSR count). The third-order valence-corrected chi connectivity index (χ3v) is 3.60. The molecule has 114 valence electrons. The second kappa shape index (κ2) is 6.50. The Hall–Kier alpha value is -2.85. The smallest absolute Gasteiger partial charge is 0.154 e. The van der Waals surface area contributed by atoms with Gasteiger partial charge in [0.1, 0.15) is 11.4 Å². The molecule has 0 saturated heterocycles. The Morgan fingerprint density at radius 3 is 2.52 bits per heavy atom. The summed E-state index contributed by atoms with van der Waals surface area (Å²) in [6.45, 7) is 0. The van der Waals surface area contributed by atoms with Gasteiger partial charge in [-0.1, -0.05) is 41.9 Å². The lowest BCUT2D eigenvalue weighted by molar-refractivity contribution is 0.475. The number of hydrogen-bond donors (Lipinski definition) is 2. The number of phenolic OH excluding ortho intramolecular Hbond substituents is 1. The lowest BCUT2D eigenvalue weighted by Crippen LogP contribution is -2.06. The van der Waals surface area contributed by atoms with Crippen LogP contribution in [0.4, 0.5) is 11.4 Å². The van der Waals surface area contributed by atoms with Gasteiger partial charge in [0.2, 0.25) is 0 Å². The van der Waals surface area contributed by atoms with Crippen molar-refractivity contribution in [1.82, 2.24) is 4.98 Å². The van der Waals surface area contributed by atoms with Crippen LogP contribution in [-0.4, -0.2) is 15.8 Å². The molecule has 0 saturated carbocycles. The van der Waals surface area contributed by atoms with Gasteiger partial charge in [-0.25, -0.2) is 9.98 Å². The fourth-order valence-electron chi connectivity index (χ4n) is 2.22. The second-order valence-electron chi connectivity index (χ2n) is 4.91. The van der Waals surface area contributed by atoms with E-state index >= 15 is 0 Å². The van der Waals surface area contributed by atoms with E-state index in [-0.39, 0.29) is 5.75 Å². The van der Waals surface area contributed by atoms with Crippen molar-refractivity contribution < 1.29 is 5.11 Å². The average Bonchev–Trinajstić information content (AvgIpc) is 2.56. The van der Waals surface area contributed by atoms with E-state index in [4.69, 9.17) is 17.3 Å². The predicted molar refractivity (Wildman–Crippen MR) is 93.5 cm³/mol. The number of nitrogens with zero attached hydrogens (tertiary/aromatic N) is 2. The quantitative estimate of drug-likeness (QED) is 0.431. The van der Waals surface area contributed by atoms with Crippen molar-refractivity contribution in [2.75, 3.05) is 5.73 Å². The molecule has 0 bridgehead atoms. The highest BCUT2D eigenvalue weighted by atomic mass is 35.5.